The Morgan fingerprint density at radius 2 is 1.83 bits per heavy atom. The van der Waals surface area contributed by atoms with Crippen LogP contribution in [-0.2, 0) is 20.5 Å². The van der Waals surface area contributed by atoms with Crippen molar-refractivity contribution in [1.29, 1.82) is 0 Å². The van der Waals surface area contributed by atoms with Gasteiger partial charge in [0.25, 0.3) is 0 Å². The number of benzene rings is 1. The number of anilines is 3. The van der Waals surface area contributed by atoms with Crippen molar-refractivity contribution in [2.24, 2.45) is 0 Å². The average Bonchev–Trinajstić information content (AvgIpc) is 3.37. The summed E-state index contributed by atoms with van der Waals surface area (Å²) in [5.74, 6) is -1.88. The topological polar surface area (TPSA) is 102 Å². The number of amides is 3. The molecule has 0 saturated carbocycles. The molecule has 4 heterocycles. The number of alkyl halides is 3. The Balaban J connectivity index is 1.27. The van der Waals surface area contributed by atoms with Crippen molar-refractivity contribution < 1.29 is 36.7 Å². The number of carbonyl (C=O) groups excluding carboxylic acids is 3. The normalized spacial score (nSPS) is 19.8. The van der Waals surface area contributed by atoms with Gasteiger partial charge in [-0.3, -0.25) is 19.4 Å². The molecule has 1 aromatic heterocycles. The maximum atomic E-state index is 15.5. The molecular weight excluding hydrogens is 634 g/mol. The van der Waals surface area contributed by atoms with Crippen LogP contribution in [0.5, 0.6) is 0 Å². The summed E-state index contributed by atoms with van der Waals surface area (Å²) in [5.41, 5.74) is -1.29. The zero-order valence-corrected chi connectivity index (χ0v) is 28.2. The summed E-state index contributed by atoms with van der Waals surface area (Å²) in [6.45, 7) is 11.1. The molecule has 5 rings (SSSR count). The second kappa shape index (κ2) is 13.1. The van der Waals surface area contributed by atoms with E-state index in [4.69, 9.17) is 4.74 Å². The van der Waals surface area contributed by atoms with E-state index in [9.17, 15) is 27.6 Å². The molecule has 3 aliphatic heterocycles. The third-order valence-electron chi connectivity index (χ3n) is 8.89. The number of hydrogen-bond acceptors (Lipinski definition) is 8. The summed E-state index contributed by atoms with van der Waals surface area (Å²) >= 11 is 0. The number of pyridine rings is 1. The van der Waals surface area contributed by atoms with Gasteiger partial charge in [0.2, 0.25) is 11.8 Å². The van der Waals surface area contributed by atoms with Gasteiger partial charge in [-0.1, -0.05) is 6.07 Å². The van der Waals surface area contributed by atoms with Crippen LogP contribution >= 0.6 is 0 Å². The lowest BCUT2D eigenvalue weighted by Crippen LogP contribution is -2.77. The maximum Gasteiger partial charge on any atom is 0.416 e. The number of likely N-dealkylation sites (tertiary alicyclic amines) is 1. The van der Waals surface area contributed by atoms with E-state index in [2.05, 4.69) is 15.2 Å². The number of nitrogens with one attached hydrogen (secondary N) is 1. The number of rotatable bonds is 7. The third kappa shape index (κ3) is 7.51. The summed E-state index contributed by atoms with van der Waals surface area (Å²) < 4.78 is 61.6. The van der Waals surface area contributed by atoms with Crippen molar-refractivity contribution in [3.05, 3.63) is 47.4 Å². The largest absolute Gasteiger partial charge is 0.444 e. The molecule has 0 bridgehead atoms. The quantitative estimate of drug-likeness (QED) is 0.439. The van der Waals surface area contributed by atoms with Crippen LogP contribution in [0.15, 0.2) is 30.3 Å². The Hall–Kier alpha value is -3.98. The van der Waals surface area contributed by atoms with Gasteiger partial charge in [-0.15, -0.1) is 0 Å². The van der Waals surface area contributed by atoms with E-state index < -0.39 is 41.0 Å². The number of para-hydroxylation sites is 1. The highest BCUT2D eigenvalue weighted by molar-refractivity contribution is 6.09. The van der Waals surface area contributed by atoms with Crippen LogP contribution in [0.2, 0.25) is 0 Å². The van der Waals surface area contributed by atoms with Crippen LogP contribution in [-0.4, -0.2) is 110 Å². The lowest BCUT2D eigenvalue weighted by atomic mass is 9.87. The van der Waals surface area contributed by atoms with E-state index in [-0.39, 0.29) is 47.4 Å². The molecule has 2 aromatic rings. The number of hydrogen-bond donors (Lipinski definition) is 1. The van der Waals surface area contributed by atoms with Crippen molar-refractivity contribution in [2.75, 3.05) is 74.6 Å². The summed E-state index contributed by atoms with van der Waals surface area (Å²) in [4.78, 5) is 51.3. The molecule has 1 N–H and O–H groups in total. The number of aryl methyl sites for hydroxylation is 1. The van der Waals surface area contributed by atoms with Crippen molar-refractivity contribution >= 4 is 35.1 Å². The van der Waals surface area contributed by atoms with E-state index in [0.717, 1.165) is 30.1 Å². The zero-order valence-electron chi connectivity index (χ0n) is 28.2. The SMILES string of the molecule is Cc1cc(C(F)(F)F)cc(N2C(=O)CCC2C(=O)N(C)c2cccc(F)c2N(C)CCN2CCNC3(C2)CN(C(=O)OC(C)(C)C)C3)n1. The first-order valence-corrected chi connectivity index (χ1v) is 16.0. The van der Waals surface area contributed by atoms with Crippen LogP contribution in [0.25, 0.3) is 0 Å². The number of carbonyl (C=O) groups is 3. The van der Waals surface area contributed by atoms with E-state index in [0.29, 0.717) is 32.7 Å². The molecule has 0 aliphatic carbocycles. The molecule has 1 aromatic carbocycles. The monoisotopic (exact) mass is 677 g/mol. The molecule has 1 spiro atoms. The van der Waals surface area contributed by atoms with Crippen LogP contribution < -0.4 is 20.0 Å². The van der Waals surface area contributed by atoms with Gasteiger partial charge in [0.1, 0.15) is 23.3 Å². The summed E-state index contributed by atoms with van der Waals surface area (Å²) in [5, 5.41) is 3.54. The van der Waals surface area contributed by atoms with Crippen molar-refractivity contribution in [3.63, 3.8) is 0 Å². The third-order valence-corrected chi connectivity index (χ3v) is 8.89. The molecule has 1 unspecified atom stereocenters. The molecule has 3 fully saturated rings. The Morgan fingerprint density at radius 1 is 1.12 bits per heavy atom. The fraction of sp³-hybridized carbons (Fsp3) is 0.576. The van der Waals surface area contributed by atoms with Crippen molar-refractivity contribution in [3.8, 4) is 0 Å². The fourth-order valence-electron chi connectivity index (χ4n) is 6.63. The lowest BCUT2D eigenvalue weighted by molar-refractivity contribution is -0.137. The molecule has 3 amide bonds. The number of piperazine rings is 1. The molecule has 1 atom stereocenters. The summed E-state index contributed by atoms with van der Waals surface area (Å²) in [6.07, 6.45) is -4.97. The minimum absolute atomic E-state index is 0.0428. The van der Waals surface area contributed by atoms with Gasteiger partial charge in [0.05, 0.1) is 22.5 Å². The number of halogens is 4. The minimum atomic E-state index is -4.66. The lowest BCUT2D eigenvalue weighted by Gasteiger charge is -2.54. The van der Waals surface area contributed by atoms with Crippen molar-refractivity contribution in [1.82, 2.24) is 20.1 Å². The summed E-state index contributed by atoms with van der Waals surface area (Å²) in [7, 11) is 3.19. The van der Waals surface area contributed by atoms with Gasteiger partial charge in [0, 0.05) is 72.0 Å². The molecule has 262 valence electrons. The first kappa shape index (κ1) is 35.3. The van der Waals surface area contributed by atoms with Crippen LogP contribution in [0.4, 0.5) is 39.5 Å². The van der Waals surface area contributed by atoms with Gasteiger partial charge in [-0.05, 0) is 58.4 Å². The molecule has 15 heteroatoms. The van der Waals surface area contributed by atoms with Crippen LogP contribution in [0.1, 0.15) is 44.9 Å². The summed E-state index contributed by atoms with van der Waals surface area (Å²) in [6, 6.07) is 4.92. The second-order valence-electron chi connectivity index (χ2n) is 13.9. The highest BCUT2D eigenvalue weighted by Crippen LogP contribution is 2.36. The van der Waals surface area contributed by atoms with Gasteiger partial charge >= 0.3 is 12.3 Å². The van der Waals surface area contributed by atoms with E-state index in [1.165, 1.54) is 31.0 Å². The van der Waals surface area contributed by atoms with Crippen LogP contribution in [0.3, 0.4) is 0 Å². The van der Waals surface area contributed by atoms with Crippen LogP contribution in [0, 0.1) is 12.7 Å². The van der Waals surface area contributed by atoms with Crippen molar-refractivity contribution in [2.45, 2.75) is 63.9 Å². The van der Waals surface area contributed by atoms with E-state index in [1.807, 2.05) is 20.8 Å². The number of nitrogens with zero attached hydrogens (tertiary/aromatic N) is 6. The van der Waals surface area contributed by atoms with Gasteiger partial charge < -0.3 is 24.8 Å². The Kier molecular flexibility index (Phi) is 9.67. The Morgan fingerprint density at radius 3 is 2.50 bits per heavy atom. The molecule has 11 nitrogen and oxygen atoms in total. The average molecular weight is 678 g/mol. The predicted molar refractivity (Wildman–Crippen MR) is 173 cm³/mol. The predicted octanol–water partition coefficient (Wildman–Crippen LogP) is 4.04. The number of aromatic nitrogens is 1. The number of ether oxygens (including phenoxy) is 1. The van der Waals surface area contributed by atoms with E-state index >= 15 is 4.39 Å². The fourth-order valence-corrected chi connectivity index (χ4v) is 6.63. The Labute approximate surface area is 277 Å². The van der Waals surface area contributed by atoms with E-state index in [1.54, 1.807) is 22.9 Å². The number of likely N-dealkylation sites (N-methyl/N-ethyl adjacent to an activating group) is 2. The molecule has 0 radical (unpaired) electrons. The Bertz CT molecular complexity index is 1560. The standard InChI is InChI=1S/C33H43F4N7O4/c1-21-16-22(33(35,36)37)17-26(39-21)44-25(10-11-27(44)45)29(46)41(6)24-9-7-8-23(34)28(24)40(5)14-15-42-13-12-38-32(18-42)19-43(20-32)30(47)48-31(2,3)4/h7-9,16-17,25,38H,10-15,18-20H2,1-6H3. The first-order valence-electron chi connectivity index (χ1n) is 16.0. The molecule has 3 saturated heterocycles. The van der Waals surface area contributed by atoms with Gasteiger partial charge in [0.15, 0.2) is 0 Å². The smallest absolute Gasteiger partial charge is 0.416 e. The zero-order chi connectivity index (χ0) is 35.2. The second-order valence-corrected chi connectivity index (χ2v) is 13.9. The van der Waals surface area contributed by atoms with Gasteiger partial charge in [-0.25, -0.2) is 14.2 Å². The highest BCUT2D eigenvalue weighted by atomic mass is 19.4. The highest BCUT2D eigenvalue weighted by Gasteiger charge is 2.48. The molecule has 48 heavy (non-hydrogen) atoms. The molecule has 3 aliphatic rings. The first-order chi connectivity index (χ1) is 22.4. The maximum absolute atomic E-state index is 15.5. The minimum Gasteiger partial charge on any atom is -0.444 e. The van der Waals surface area contributed by atoms with Gasteiger partial charge in [-0.2, -0.15) is 13.2 Å². The molecular formula is C33H43F4N7O4.